The first-order valence-electron chi connectivity index (χ1n) is 5.91. The van der Waals surface area contributed by atoms with Crippen molar-refractivity contribution in [3.63, 3.8) is 0 Å². The molecule has 17 heavy (non-hydrogen) atoms. The van der Waals surface area contributed by atoms with Crippen molar-refractivity contribution in [2.24, 2.45) is 0 Å². The summed E-state index contributed by atoms with van der Waals surface area (Å²) in [5.41, 5.74) is 1.24. The molecule has 0 radical (unpaired) electrons. The lowest BCUT2D eigenvalue weighted by molar-refractivity contribution is 0.0497. The lowest BCUT2D eigenvalue weighted by atomic mass is 10.1. The van der Waals surface area contributed by atoms with E-state index in [4.69, 9.17) is 10.00 Å². The number of nitrogens with zero attached hydrogens (tertiary/aromatic N) is 1. The van der Waals surface area contributed by atoms with Gasteiger partial charge in [-0.05, 0) is 18.1 Å². The fourth-order valence-corrected chi connectivity index (χ4v) is 1.55. The van der Waals surface area contributed by atoms with Crippen molar-refractivity contribution in [2.75, 3.05) is 6.61 Å². The van der Waals surface area contributed by atoms with Crippen molar-refractivity contribution in [3.8, 4) is 6.07 Å². The van der Waals surface area contributed by atoms with Crippen LogP contribution >= 0.6 is 0 Å². The lowest BCUT2D eigenvalue weighted by Gasteiger charge is -2.07. The third kappa shape index (κ3) is 4.28. The van der Waals surface area contributed by atoms with Crippen molar-refractivity contribution in [2.45, 2.75) is 32.6 Å². The van der Waals surface area contributed by atoms with Crippen molar-refractivity contribution in [1.82, 2.24) is 0 Å². The average Bonchev–Trinajstić information content (AvgIpc) is 2.35. The second-order valence-corrected chi connectivity index (χ2v) is 3.84. The van der Waals surface area contributed by atoms with Gasteiger partial charge in [0.15, 0.2) is 0 Å². The highest BCUT2D eigenvalue weighted by molar-refractivity contribution is 5.91. The molecule has 0 aliphatic rings. The summed E-state index contributed by atoms with van der Waals surface area (Å²) in [6.45, 7) is 2.55. The van der Waals surface area contributed by atoms with Crippen LogP contribution in [0.5, 0.6) is 0 Å². The van der Waals surface area contributed by atoms with Crippen LogP contribution in [0, 0.1) is 11.3 Å². The zero-order valence-corrected chi connectivity index (χ0v) is 10.1. The Morgan fingerprint density at radius 1 is 1.35 bits per heavy atom. The molecule has 0 aliphatic carbocycles. The molecule has 0 saturated heterocycles. The molecule has 0 bridgehead atoms. The Bertz CT molecular complexity index is 407. The monoisotopic (exact) mass is 231 g/mol. The maximum Gasteiger partial charge on any atom is 0.338 e. The Morgan fingerprint density at radius 2 is 2.12 bits per heavy atom. The highest BCUT2D eigenvalue weighted by Crippen LogP contribution is 2.11. The van der Waals surface area contributed by atoms with Crippen LogP contribution in [-0.2, 0) is 11.2 Å². The van der Waals surface area contributed by atoms with Gasteiger partial charge in [0, 0.05) is 0 Å². The predicted octanol–water partition coefficient (Wildman–Crippen LogP) is 3.10. The van der Waals surface area contributed by atoms with Gasteiger partial charge in [-0.15, -0.1) is 0 Å². The predicted molar refractivity (Wildman–Crippen MR) is 65.6 cm³/mol. The van der Waals surface area contributed by atoms with Crippen LogP contribution in [0.3, 0.4) is 0 Å². The number of esters is 1. The molecule has 1 aromatic rings. The van der Waals surface area contributed by atoms with Gasteiger partial charge in [-0.2, -0.15) is 5.26 Å². The first kappa shape index (κ1) is 13.2. The number of nitriles is 1. The summed E-state index contributed by atoms with van der Waals surface area (Å²) >= 11 is 0. The van der Waals surface area contributed by atoms with Crippen molar-refractivity contribution >= 4 is 5.97 Å². The van der Waals surface area contributed by atoms with Crippen LogP contribution in [0.2, 0.25) is 0 Å². The fraction of sp³-hybridized carbons (Fsp3) is 0.429. The van der Waals surface area contributed by atoms with Crippen LogP contribution in [0.4, 0.5) is 0 Å². The molecule has 0 fully saturated rings. The Kier molecular flexibility index (Phi) is 5.81. The van der Waals surface area contributed by atoms with Crippen LogP contribution in [0.15, 0.2) is 24.3 Å². The summed E-state index contributed by atoms with van der Waals surface area (Å²) in [6, 6.07) is 9.14. The van der Waals surface area contributed by atoms with E-state index in [1.807, 2.05) is 12.1 Å². The van der Waals surface area contributed by atoms with Gasteiger partial charge in [0.1, 0.15) is 0 Å². The SMILES string of the molecule is CCCCCOC(=O)c1ccccc1CC#N. The van der Waals surface area contributed by atoms with Gasteiger partial charge in [-0.3, -0.25) is 0 Å². The molecule has 1 rings (SSSR count). The largest absolute Gasteiger partial charge is 0.462 e. The molecule has 0 aromatic heterocycles. The molecule has 3 nitrogen and oxygen atoms in total. The molecule has 0 amide bonds. The van der Waals surface area contributed by atoms with E-state index in [9.17, 15) is 4.79 Å². The average molecular weight is 231 g/mol. The Labute approximate surface area is 102 Å². The van der Waals surface area contributed by atoms with Crippen LogP contribution in [0.25, 0.3) is 0 Å². The second-order valence-electron chi connectivity index (χ2n) is 3.84. The van der Waals surface area contributed by atoms with E-state index in [-0.39, 0.29) is 12.4 Å². The van der Waals surface area contributed by atoms with Crippen LogP contribution < -0.4 is 0 Å². The van der Waals surface area contributed by atoms with E-state index in [0.717, 1.165) is 24.8 Å². The zero-order chi connectivity index (χ0) is 12.5. The standard InChI is InChI=1S/C14H17NO2/c1-2-3-6-11-17-14(16)13-8-5-4-7-12(13)9-10-15/h4-5,7-8H,2-3,6,9,11H2,1H3. The molecular formula is C14H17NO2. The number of hydrogen-bond donors (Lipinski definition) is 0. The molecule has 90 valence electrons. The van der Waals surface area contributed by atoms with Gasteiger partial charge in [0.05, 0.1) is 24.7 Å². The number of carbonyl (C=O) groups is 1. The quantitative estimate of drug-likeness (QED) is 0.558. The number of carbonyl (C=O) groups excluding carboxylic acids is 1. The van der Waals surface area contributed by atoms with Crippen molar-refractivity contribution < 1.29 is 9.53 Å². The summed E-state index contributed by atoms with van der Waals surface area (Å²) in [4.78, 5) is 11.8. The first-order chi connectivity index (χ1) is 8.29. The summed E-state index contributed by atoms with van der Waals surface area (Å²) in [5.74, 6) is -0.327. The number of rotatable bonds is 6. The summed E-state index contributed by atoms with van der Waals surface area (Å²) in [7, 11) is 0. The Hall–Kier alpha value is -1.82. The molecule has 0 unspecified atom stereocenters. The normalized spacial score (nSPS) is 9.65. The number of benzene rings is 1. The summed E-state index contributed by atoms with van der Waals surface area (Å²) in [5, 5.41) is 8.67. The molecule has 0 spiro atoms. The minimum atomic E-state index is -0.327. The van der Waals surface area contributed by atoms with Gasteiger partial charge < -0.3 is 4.74 Å². The molecular weight excluding hydrogens is 214 g/mol. The third-order valence-electron chi connectivity index (χ3n) is 2.49. The highest BCUT2D eigenvalue weighted by Gasteiger charge is 2.11. The molecule has 0 N–H and O–H groups in total. The van der Waals surface area contributed by atoms with Gasteiger partial charge in [0.25, 0.3) is 0 Å². The van der Waals surface area contributed by atoms with Crippen molar-refractivity contribution in [1.29, 1.82) is 5.26 Å². The summed E-state index contributed by atoms with van der Waals surface area (Å²) in [6.07, 6.45) is 3.29. The van der Waals surface area contributed by atoms with E-state index in [1.54, 1.807) is 18.2 Å². The lowest BCUT2D eigenvalue weighted by Crippen LogP contribution is -2.09. The van der Waals surface area contributed by atoms with E-state index >= 15 is 0 Å². The maximum absolute atomic E-state index is 11.8. The van der Waals surface area contributed by atoms with E-state index in [0.29, 0.717) is 12.2 Å². The summed E-state index contributed by atoms with van der Waals surface area (Å²) < 4.78 is 5.17. The molecule has 0 saturated carbocycles. The van der Waals surface area contributed by atoms with Crippen LogP contribution in [0.1, 0.15) is 42.1 Å². The molecule has 0 aliphatic heterocycles. The first-order valence-corrected chi connectivity index (χ1v) is 5.91. The van der Waals surface area contributed by atoms with Gasteiger partial charge in [-0.25, -0.2) is 4.79 Å². The third-order valence-corrected chi connectivity index (χ3v) is 2.49. The highest BCUT2D eigenvalue weighted by atomic mass is 16.5. The Morgan fingerprint density at radius 3 is 2.82 bits per heavy atom. The smallest absolute Gasteiger partial charge is 0.338 e. The topological polar surface area (TPSA) is 50.1 Å². The van der Waals surface area contributed by atoms with E-state index in [2.05, 4.69) is 6.92 Å². The van der Waals surface area contributed by atoms with E-state index in [1.165, 1.54) is 0 Å². The maximum atomic E-state index is 11.8. The molecule has 0 heterocycles. The fourth-order valence-electron chi connectivity index (χ4n) is 1.55. The molecule has 0 atom stereocenters. The minimum absolute atomic E-state index is 0.236. The molecule has 1 aromatic carbocycles. The van der Waals surface area contributed by atoms with Crippen LogP contribution in [-0.4, -0.2) is 12.6 Å². The minimum Gasteiger partial charge on any atom is -0.462 e. The van der Waals surface area contributed by atoms with Crippen molar-refractivity contribution in [3.05, 3.63) is 35.4 Å². The van der Waals surface area contributed by atoms with E-state index < -0.39 is 0 Å². The number of hydrogen-bond acceptors (Lipinski definition) is 3. The van der Waals surface area contributed by atoms with Gasteiger partial charge in [0.2, 0.25) is 0 Å². The van der Waals surface area contributed by atoms with Gasteiger partial charge in [-0.1, -0.05) is 38.0 Å². The second kappa shape index (κ2) is 7.45. The van der Waals surface area contributed by atoms with Gasteiger partial charge >= 0.3 is 5.97 Å². The molecule has 3 heteroatoms. The Balaban J connectivity index is 2.59. The number of unbranched alkanes of at least 4 members (excludes halogenated alkanes) is 2. The number of ether oxygens (including phenoxy) is 1. The zero-order valence-electron chi connectivity index (χ0n) is 10.1.